The Balaban J connectivity index is 0.00000507. The number of benzene rings is 2. The highest BCUT2D eigenvalue weighted by molar-refractivity contribution is 7.89. The van der Waals surface area contributed by atoms with E-state index in [9.17, 15) is 18.3 Å². The quantitative estimate of drug-likeness (QED) is 0.280. The first-order valence-electron chi connectivity index (χ1n) is 12.7. The summed E-state index contributed by atoms with van der Waals surface area (Å²) in [5, 5.41) is 15.5. The van der Waals surface area contributed by atoms with Gasteiger partial charge in [0.2, 0.25) is 22.7 Å². The van der Waals surface area contributed by atoms with E-state index in [1.54, 1.807) is 6.07 Å². The van der Waals surface area contributed by atoms with E-state index in [0.29, 0.717) is 30.9 Å². The molecule has 1 heterocycles. The molecule has 1 aliphatic rings. The third-order valence-corrected chi connectivity index (χ3v) is 8.25. The first kappa shape index (κ1) is 31.8. The van der Waals surface area contributed by atoms with Crippen LogP contribution >= 0.6 is 12.4 Å². The van der Waals surface area contributed by atoms with Gasteiger partial charge in [0.05, 0.1) is 4.90 Å². The van der Waals surface area contributed by atoms with Gasteiger partial charge < -0.3 is 25.6 Å². The Morgan fingerprint density at radius 2 is 1.82 bits per heavy atom. The number of primary amides is 1. The van der Waals surface area contributed by atoms with Crippen LogP contribution in [-0.2, 0) is 21.2 Å². The van der Waals surface area contributed by atoms with Crippen molar-refractivity contribution in [1.82, 2.24) is 9.62 Å². The van der Waals surface area contributed by atoms with Crippen LogP contribution < -0.4 is 20.5 Å². The highest BCUT2D eigenvalue weighted by atomic mass is 35.5. The summed E-state index contributed by atoms with van der Waals surface area (Å²) in [7, 11) is -4.10. The molecular formula is C27H40ClN3O6S. The molecule has 0 radical (unpaired) electrons. The molecule has 38 heavy (non-hydrogen) atoms. The van der Waals surface area contributed by atoms with Gasteiger partial charge in [0.1, 0.15) is 5.72 Å². The average molecular weight is 570 g/mol. The average Bonchev–Trinajstić information content (AvgIpc) is 3.31. The van der Waals surface area contributed by atoms with E-state index >= 15 is 0 Å². The lowest BCUT2D eigenvalue weighted by Gasteiger charge is -2.40. The highest BCUT2D eigenvalue weighted by Crippen LogP contribution is 2.37. The first-order valence-corrected chi connectivity index (χ1v) is 14.2. The van der Waals surface area contributed by atoms with Gasteiger partial charge in [-0.1, -0.05) is 44.2 Å². The number of halogens is 1. The molecule has 0 saturated heterocycles. The summed E-state index contributed by atoms with van der Waals surface area (Å²) in [6.45, 7) is 6.39. The van der Waals surface area contributed by atoms with Crippen molar-refractivity contribution >= 4 is 28.3 Å². The second-order valence-corrected chi connectivity index (χ2v) is 11.9. The normalized spacial score (nSPS) is 15.2. The third kappa shape index (κ3) is 8.57. The Morgan fingerprint density at radius 3 is 2.47 bits per heavy atom. The van der Waals surface area contributed by atoms with E-state index < -0.39 is 15.7 Å². The number of carbonyl (C=O) groups is 1. The molecular weight excluding hydrogens is 530 g/mol. The molecule has 0 saturated carbocycles. The van der Waals surface area contributed by atoms with Gasteiger partial charge in [-0.05, 0) is 49.9 Å². The number of aliphatic hydroxyl groups is 1. The van der Waals surface area contributed by atoms with Gasteiger partial charge in [-0.2, -0.15) is 4.31 Å². The summed E-state index contributed by atoms with van der Waals surface area (Å²) in [5.41, 5.74) is 4.37. The van der Waals surface area contributed by atoms with Crippen molar-refractivity contribution in [3.05, 3.63) is 54.1 Å². The monoisotopic (exact) mass is 569 g/mol. The van der Waals surface area contributed by atoms with E-state index in [1.807, 2.05) is 51.1 Å². The molecule has 1 aliphatic heterocycles. The predicted molar refractivity (Wildman–Crippen MR) is 149 cm³/mol. The number of carbonyl (C=O) groups excluding carboxylic acids is 1. The lowest BCUT2D eigenvalue weighted by Crippen LogP contribution is -2.55. The largest absolute Gasteiger partial charge is 0.454 e. The Bertz CT molecular complexity index is 1150. The number of ether oxygens (including phenoxy) is 2. The summed E-state index contributed by atoms with van der Waals surface area (Å²) in [6, 6.07) is 14.0. The van der Waals surface area contributed by atoms with E-state index in [0.717, 1.165) is 12.0 Å². The summed E-state index contributed by atoms with van der Waals surface area (Å²) < 4.78 is 40.0. The molecule has 2 aromatic carbocycles. The molecule has 1 amide bonds. The fourth-order valence-corrected chi connectivity index (χ4v) is 6.26. The van der Waals surface area contributed by atoms with Gasteiger partial charge in [-0.3, -0.25) is 4.79 Å². The minimum absolute atomic E-state index is 0. The number of hydrogen-bond donors (Lipinski definition) is 3. The number of amides is 1. The summed E-state index contributed by atoms with van der Waals surface area (Å²) in [4.78, 5) is 11.1. The predicted octanol–water partition coefficient (Wildman–Crippen LogP) is 3.44. The molecule has 0 bridgehead atoms. The van der Waals surface area contributed by atoms with Crippen LogP contribution in [0, 0.1) is 5.92 Å². The van der Waals surface area contributed by atoms with Crippen molar-refractivity contribution in [2.24, 2.45) is 11.7 Å². The van der Waals surface area contributed by atoms with Crippen LogP contribution in [0.25, 0.3) is 0 Å². The fraction of sp³-hybridized carbons (Fsp3) is 0.519. The first-order chi connectivity index (χ1) is 17.5. The lowest BCUT2D eigenvalue weighted by atomic mass is 9.98. The highest BCUT2D eigenvalue weighted by Gasteiger charge is 2.43. The molecule has 2 unspecified atom stereocenters. The van der Waals surface area contributed by atoms with Crippen LogP contribution in [0.15, 0.2) is 53.4 Å². The maximum Gasteiger partial charge on any atom is 0.245 e. The number of nitrogens with zero attached hydrogens (tertiary/aromatic N) is 1. The molecule has 9 nitrogen and oxygen atoms in total. The zero-order chi connectivity index (χ0) is 27.1. The lowest BCUT2D eigenvalue weighted by molar-refractivity contribution is -0.118. The minimum Gasteiger partial charge on any atom is -0.454 e. The van der Waals surface area contributed by atoms with Gasteiger partial charge in [0, 0.05) is 37.9 Å². The van der Waals surface area contributed by atoms with E-state index in [1.165, 1.54) is 16.4 Å². The Morgan fingerprint density at radius 1 is 1.13 bits per heavy atom. The van der Waals surface area contributed by atoms with Crippen LogP contribution in [0.3, 0.4) is 0 Å². The smallest absolute Gasteiger partial charge is 0.245 e. The molecule has 11 heteroatoms. The molecule has 212 valence electrons. The van der Waals surface area contributed by atoms with Crippen molar-refractivity contribution in [2.75, 3.05) is 19.9 Å². The number of fused-ring (bicyclic) bond motifs is 1. The topological polar surface area (TPSA) is 131 Å². The van der Waals surface area contributed by atoms with E-state index in [2.05, 4.69) is 5.32 Å². The fourth-order valence-electron chi connectivity index (χ4n) is 4.42. The number of sulfonamides is 1. The minimum atomic E-state index is -4.10. The second kappa shape index (κ2) is 14.1. The van der Waals surface area contributed by atoms with E-state index in [-0.39, 0.29) is 61.3 Å². The third-order valence-electron chi connectivity index (χ3n) is 6.34. The van der Waals surface area contributed by atoms with Crippen LogP contribution in [0.2, 0.25) is 0 Å². The van der Waals surface area contributed by atoms with E-state index in [4.69, 9.17) is 15.2 Å². The van der Waals surface area contributed by atoms with Gasteiger partial charge in [0.25, 0.3) is 0 Å². The molecule has 2 aromatic rings. The van der Waals surface area contributed by atoms with Gasteiger partial charge >= 0.3 is 0 Å². The number of hydrogen-bond acceptors (Lipinski definition) is 7. The number of rotatable bonds is 15. The standard InChI is InChI=1S/C27H39N3O6S.ClH/c1-20(2)18-30(37(33,34)23-12-13-24-25(16-23)36-19-35-24)27(32,17-22-9-5-4-6-10-22)14-15-29-21(3)8-7-11-26(28)31;/h4-6,9-10,12-13,16,20-21,29,32H,7-8,11,14-15,17-19H2,1-3H3,(H2,28,31);1H. The molecule has 0 aromatic heterocycles. The van der Waals surface area contributed by atoms with Gasteiger partial charge in [0.15, 0.2) is 11.5 Å². The SMILES string of the molecule is CC(C)CN(C(O)(CCNC(C)CCCC(N)=O)Cc1ccccc1)S(=O)(=O)c1ccc2c(c1)OCO2.Cl. The Hall–Kier alpha value is -2.37. The molecule has 0 spiro atoms. The van der Waals surface area contributed by atoms with Crippen molar-refractivity contribution in [3.8, 4) is 11.5 Å². The number of nitrogens with two attached hydrogens (primary N) is 1. The number of nitrogens with one attached hydrogen (secondary N) is 1. The van der Waals surface area contributed by atoms with Crippen molar-refractivity contribution < 1.29 is 27.8 Å². The van der Waals surface area contributed by atoms with Gasteiger partial charge in [-0.25, -0.2) is 8.42 Å². The maximum atomic E-state index is 14.0. The van der Waals surface area contributed by atoms with Crippen LogP contribution in [0.1, 0.15) is 52.0 Å². The van der Waals surface area contributed by atoms with Crippen molar-refractivity contribution in [1.29, 1.82) is 0 Å². The van der Waals surface area contributed by atoms with Crippen LogP contribution in [0.4, 0.5) is 0 Å². The van der Waals surface area contributed by atoms with Gasteiger partial charge in [-0.15, -0.1) is 12.4 Å². The molecule has 4 N–H and O–H groups in total. The Labute approximate surface area is 232 Å². The van der Waals surface area contributed by atoms with Crippen molar-refractivity contribution in [3.63, 3.8) is 0 Å². The summed E-state index contributed by atoms with van der Waals surface area (Å²) in [5.74, 6) is 0.487. The summed E-state index contributed by atoms with van der Waals surface area (Å²) >= 11 is 0. The second-order valence-electron chi connectivity index (χ2n) is 10.1. The Kier molecular flexibility index (Phi) is 11.8. The summed E-state index contributed by atoms with van der Waals surface area (Å²) in [6.07, 6.45) is 2.02. The van der Waals surface area contributed by atoms with Crippen LogP contribution in [0.5, 0.6) is 11.5 Å². The van der Waals surface area contributed by atoms with Crippen molar-refractivity contribution in [2.45, 2.75) is 69.5 Å². The zero-order valence-electron chi connectivity index (χ0n) is 22.3. The molecule has 0 fully saturated rings. The molecule has 0 aliphatic carbocycles. The van der Waals surface area contributed by atoms with Crippen LogP contribution in [-0.4, -0.2) is 55.4 Å². The maximum absolute atomic E-state index is 14.0. The molecule has 2 atom stereocenters. The molecule has 3 rings (SSSR count). The zero-order valence-corrected chi connectivity index (χ0v) is 23.9.